The van der Waals surface area contributed by atoms with Gasteiger partial charge in [-0.1, -0.05) is 18.2 Å². The second kappa shape index (κ2) is 4.20. The minimum atomic E-state index is 0.432. The zero-order valence-corrected chi connectivity index (χ0v) is 7.88. The number of nitrogens with one attached hydrogen (secondary N) is 1. The maximum absolute atomic E-state index is 8.83. The van der Waals surface area contributed by atoms with Crippen LogP contribution in [-0.4, -0.2) is 9.97 Å². The summed E-state index contributed by atoms with van der Waals surface area (Å²) in [6.45, 7) is 0. The predicted octanol–water partition coefficient (Wildman–Crippen LogP) is 2.09. The third-order valence-electron chi connectivity index (χ3n) is 1.87. The molecule has 15 heavy (non-hydrogen) atoms. The molecule has 1 heterocycles. The monoisotopic (exact) mass is 196 g/mol. The van der Waals surface area contributed by atoms with E-state index in [0.717, 1.165) is 5.69 Å². The molecule has 0 atom stereocenters. The molecule has 0 saturated heterocycles. The van der Waals surface area contributed by atoms with E-state index >= 15 is 0 Å². The third-order valence-corrected chi connectivity index (χ3v) is 1.87. The second-order valence-corrected chi connectivity index (χ2v) is 2.89. The van der Waals surface area contributed by atoms with E-state index in [0.29, 0.717) is 11.4 Å². The maximum Gasteiger partial charge on any atom is 0.151 e. The van der Waals surface area contributed by atoms with Crippen molar-refractivity contribution >= 4 is 11.5 Å². The maximum atomic E-state index is 8.83. The molecule has 0 bridgehead atoms. The van der Waals surface area contributed by atoms with Crippen molar-refractivity contribution in [3.63, 3.8) is 0 Å². The summed E-state index contributed by atoms with van der Waals surface area (Å²) in [6.07, 6.45) is 2.89. The first-order valence-electron chi connectivity index (χ1n) is 4.42. The second-order valence-electron chi connectivity index (χ2n) is 2.89. The molecule has 0 saturated carbocycles. The predicted molar refractivity (Wildman–Crippen MR) is 56.5 cm³/mol. The molecule has 0 fully saturated rings. The fraction of sp³-hybridized carbons (Fsp3) is 0. The molecule has 0 amide bonds. The van der Waals surface area contributed by atoms with Crippen LogP contribution in [0.15, 0.2) is 42.9 Å². The molecule has 2 aromatic rings. The summed E-state index contributed by atoms with van der Waals surface area (Å²) < 4.78 is 0. The van der Waals surface area contributed by atoms with Crippen LogP contribution in [0.3, 0.4) is 0 Å². The Morgan fingerprint density at radius 2 is 2.00 bits per heavy atom. The smallest absolute Gasteiger partial charge is 0.151 e. The molecular weight excluding hydrogens is 188 g/mol. The van der Waals surface area contributed by atoms with Crippen LogP contribution < -0.4 is 5.32 Å². The van der Waals surface area contributed by atoms with Gasteiger partial charge in [0.1, 0.15) is 18.0 Å². The Morgan fingerprint density at radius 1 is 1.20 bits per heavy atom. The molecule has 4 nitrogen and oxygen atoms in total. The zero-order valence-electron chi connectivity index (χ0n) is 7.88. The number of nitriles is 1. The van der Waals surface area contributed by atoms with Gasteiger partial charge in [0.05, 0.1) is 6.20 Å². The zero-order chi connectivity index (χ0) is 10.5. The van der Waals surface area contributed by atoms with Crippen LogP contribution in [0.4, 0.5) is 11.5 Å². The Hall–Kier alpha value is -2.41. The Kier molecular flexibility index (Phi) is 2.56. The van der Waals surface area contributed by atoms with Crippen molar-refractivity contribution in [2.24, 2.45) is 0 Å². The first-order chi connectivity index (χ1) is 7.40. The molecule has 1 N–H and O–H groups in total. The van der Waals surface area contributed by atoms with Gasteiger partial charge in [-0.25, -0.2) is 9.97 Å². The average Bonchev–Trinajstić information content (AvgIpc) is 2.31. The molecule has 0 aliphatic heterocycles. The Labute approximate surface area is 87.2 Å². The minimum absolute atomic E-state index is 0.432. The number of rotatable bonds is 2. The summed E-state index contributed by atoms with van der Waals surface area (Å²) in [5.74, 6) is 0.527. The number of aromatic nitrogens is 2. The van der Waals surface area contributed by atoms with Crippen LogP contribution in [0.2, 0.25) is 0 Å². The molecular formula is C11H8N4. The van der Waals surface area contributed by atoms with E-state index in [1.54, 1.807) is 0 Å². The van der Waals surface area contributed by atoms with Gasteiger partial charge in [-0.2, -0.15) is 5.26 Å². The molecule has 2 rings (SSSR count). The van der Waals surface area contributed by atoms with Crippen molar-refractivity contribution in [1.82, 2.24) is 9.97 Å². The van der Waals surface area contributed by atoms with Crippen molar-refractivity contribution < 1.29 is 0 Å². The van der Waals surface area contributed by atoms with Crippen LogP contribution in [0.5, 0.6) is 0 Å². The molecule has 0 unspecified atom stereocenters. The highest BCUT2D eigenvalue weighted by Crippen LogP contribution is 2.15. The van der Waals surface area contributed by atoms with E-state index < -0.39 is 0 Å². The van der Waals surface area contributed by atoms with E-state index in [9.17, 15) is 0 Å². The molecule has 0 spiro atoms. The van der Waals surface area contributed by atoms with E-state index in [4.69, 9.17) is 5.26 Å². The standard InChI is InChI=1S/C11H8N4/c12-6-9-7-13-8-14-11(9)15-10-4-2-1-3-5-10/h1-5,7-8H,(H,13,14,15). The summed E-state index contributed by atoms with van der Waals surface area (Å²) in [5.41, 5.74) is 1.33. The number of para-hydroxylation sites is 1. The minimum Gasteiger partial charge on any atom is -0.339 e. The highest BCUT2D eigenvalue weighted by molar-refractivity contribution is 5.61. The Morgan fingerprint density at radius 3 is 2.73 bits per heavy atom. The van der Waals surface area contributed by atoms with Gasteiger partial charge >= 0.3 is 0 Å². The topological polar surface area (TPSA) is 61.6 Å². The Bertz CT molecular complexity index is 487. The average molecular weight is 196 g/mol. The van der Waals surface area contributed by atoms with Gasteiger partial charge in [0, 0.05) is 5.69 Å². The molecule has 1 aromatic heterocycles. The van der Waals surface area contributed by atoms with Crippen molar-refractivity contribution in [1.29, 1.82) is 5.26 Å². The van der Waals surface area contributed by atoms with Gasteiger partial charge in [-0.3, -0.25) is 0 Å². The number of anilines is 2. The largest absolute Gasteiger partial charge is 0.339 e. The molecule has 72 valence electrons. The summed E-state index contributed by atoms with van der Waals surface area (Å²) in [7, 11) is 0. The quantitative estimate of drug-likeness (QED) is 0.798. The first kappa shape index (κ1) is 9.16. The normalized spacial score (nSPS) is 9.27. The molecule has 0 radical (unpaired) electrons. The lowest BCUT2D eigenvalue weighted by Gasteiger charge is -2.05. The van der Waals surface area contributed by atoms with Crippen molar-refractivity contribution in [3.05, 3.63) is 48.4 Å². The van der Waals surface area contributed by atoms with Gasteiger partial charge in [0.25, 0.3) is 0 Å². The van der Waals surface area contributed by atoms with Gasteiger partial charge in [-0.15, -0.1) is 0 Å². The van der Waals surface area contributed by atoms with Crippen LogP contribution >= 0.6 is 0 Å². The lowest BCUT2D eigenvalue weighted by molar-refractivity contribution is 1.15. The number of benzene rings is 1. The fourth-order valence-electron chi connectivity index (χ4n) is 1.17. The SMILES string of the molecule is N#Cc1cncnc1Nc1ccccc1. The van der Waals surface area contributed by atoms with E-state index in [1.807, 2.05) is 36.4 Å². The van der Waals surface area contributed by atoms with E-state index in [-0.39, 0.29) is 0 Å². The van der Waals surface area contributed by atoms with Gasteiger partial charge < -0.3 is 5.32 Å². The molecule has 0 aliphatic rings. The van der Waals surface area contributed by atoms with Crippen molar-refractivity contribution in [3.8, 4) is 6.07 Å². The summed E-state index contributed by atoms with van der Waals surface area (Å²) in [4.78, 5) is 7.78. The summed E-state index contributed by atoms with van der Waals surface area (Å²) in [5, 5.41) is 11.9. The third kappa shape index (κ3) is 2.09. The highest BCUT2D eigenvalue weighted by atomic mass is 15.0. The summed E-state index contributed by atoms with van der Waals surface area (Å²) >= 11 is 0. The van der Waals surface area contributed by atoms with E-state index in [2.05, 4.69) is 15.3 Å². The van der Waals surface area contributed by atoms with Crippen LogP contribution in [0, 0.1) is 11.3 Å². The molecule has 4 heteroatoms. The highest BCUT2D eigenvalue weighted by Gasteiger charge is 2.02. The van der Waals surface area contributed by atoms with Crippen LogP contribution in [0.25, 0.3) is 0 Å². The van der Waals surface area contributed by atoms with Gasteiger partial charge in [0.2, 0.25) is 0 Å². The molecule has 0 aliphatic carbocycles. The van der Waals surface area contributed by atoms with Gasteiger partial charge in [0.15, 0.2) is 5.82 Å². The first-order valence-corrected chi connectivity index (χ1v) is 4.42. The number of hydrogen-bond donors (Lipinski definition) is 1. The van der Waals surface area contributed by atoms with Crippen LogP contribution in [0.1, 0.15) is 5.56 Å². The lowest BCUT2D eigenvalue weighted by Crippen LogP contribution is -1.96. The fourth-order valence-corrected chi connectivity index (χ4v) is 1.17. The van der Waals surface area contributed by atoms with Crippen LogP contribution in [-0.2, 0) is 0 Å². The summed E-state index contributed by atoms with van der Waals surface area (Å²) in [6, 6.07) is 11.6. The number of hydrogen-bond acceptors (Lipinski definition) is 4. The van der Waals surface area contributed by atoms with Gasteiger partial charge in [-0.05, 0) is 12.1 Å². The van der Waals surface area contributed by atoms with E-state index in [1.165, 1.54) is 12.5 Å². The number of nitrogens with zero attached hydrogens (tertiary/aromatic N) is 3. The lowest BCUT2D eigenvalue weighted by atomic mass is 10.3. The Balaban J connectivity index is 2.29. The molecule has 1 aromatic carbocycles. The van der Waals surface area contributed by atoms with Crippen molar-refractivity contribution in [2.45, 2.75) is 0 Å². The van der Waals surface area contributed by atoms with Crippen molar-refractivity contribution in [2.75, 3.05) is 5.32 Å².